The predicted octanol–water partition coefficient (Wildman–Crippen LogP) is 6.24. The molecule has 4 rings (SSSR count). The quantitative estimate of drug-likeness (QED) is 0.523. The maximum Gasteiger partial charge on any atom is 0.0441 e. The van der Waals surface area contributed by atoms with E-state index in [4.69, 9.17) is 0 Å². The molecule has 1 aliphatic carbocycles. The fourth-order valence-corrected chi connectivity index (χ4v) is 6.57. The number of hydrogen-bond donors (Lipinski definition) is 1. The highest BCUT2D eigenvalue weighted by Crippen LogP contribution is 2.50. The minimum absolute atomic E-state index is 0.490. The molecular formula is C25H26NP. The highest BCUT2D eigenvalue weighted by Gasteiger charge is 2.26. The number of aryl methyl sites for hydroxylation is 2. The van der Waals surface area contributed by atoms with Crippen LogP contribution in [0.3, 0.4) is 0 Å². The average Bonchev–Trinajstić information content (AvgIpc) is 3.15. The van der Waals surface area contributed by atoms with Gasteiger partial charge in [0.05, 0.1) is 0 Å². The smallest absolute Gasteiger partial charge is 0.0441 e. The van der Waals surface area contributed by atoms with Gasteiger partial charge in [-0.2, -0.15) is 0 Å². The maximum atomic E-state index is 3.84. The van der Waals surface area contributed by atoms with Crippen LogP contribution in [0, 0.1) is 13.8 Å². The van der Waals surface area contributed by atoms with E-state index in [-0.39, 0.29) is 0 Å². The van der Waals surface area contributed by atoms with E-state index in [0.717, 1.165) is 6.42 Å². The summed E-state index contributed by atoms with van der Waals surface area (Å²) in [5.74, 6) is 0. The lowest BCUT2D eigenvalue weighted by Crippen LogP contribution is -2.14. The predicted molar refractivity (Wildman–Crippen MR) is 119 cm³/mol. The molecule has 0 unspecified atom stereocenters. The van der Waals surface area contributed by atoms with Crippen molar-refractivity contribution >= 4 is 24.2 Å². The van der Waals surface area contributed by atoms with E-state index in [1.165, 1.54) is 46.0 Å². The van der Waals surface area contributed by atoms with Gasteiger partial charge in [0.2, 0.25) is 0 Å². The summed E-state index contributed by atoms with van der Waals surface area (Å²) in [6.45, 7) is 4.39. The molecule has 0 fully saturated rings. The van der Waals surface area contributed by atoms with Crippen LogP contribution in [0.15, 0.2) is 89.9 Å². The highest BCUT2D eigenvalue weighted by atomic mass is 31.1. The largest absolute Gasteiger partial charge is 0.358 e. The summed E-state index contributed by atoms with van der Waals surface area (Å²) < 4.78 is 0. The first-order valence-corrected chi connectivity index (χ1v) is 11.0. The van der Waals surface area contributed by atoms with Crippen molar-refractivity contribution in [2.75, 3.05) is 5.32 Å². The first kappa shape index (κ1) is 18.0. The molecule has 0 bridgehead atoms. The molecule has 3 aromatic rings. The van der Waals surface area contributed by atoms with Crippen LogP contribution in [0.25, 0.3) is 0 Å². The van der Waals surface area contributed by atoms with Gasteiger partial charge in [-0.05, 0) is 68.1 Å². The monoisotopic (exact) mass is 371 g/mol. The molecule has 0 heterocycles. The third kappa shape index (κ3) is 3.84. The van der Waals surface area contributed by atoms with Gasteiger partial charge in [-0.15, -0.1) is 0 Å². The molecule has 136 valence electrons. The fraction of sp³-hybridized carbons (Fsp3) is 0.200. The van der Waals surface area contributed by atoms with E-state index >= 15 is 0 Å². The number of nitrogens with one attached hydrogen (secondary N) is 1. The summed E-state index contributed by atoms with van der Waals surface area (Å²) in [5, 5.41) is 8.33. The fourth-order valence-electron chi connectivity index (χ4n) is 3.89. The molecule has 1 nitrogen and oxygen atoms in total. The third-order valence-corrected chi connectivity index (χ3v) is 7.91. The van der Waals surface area contributed by atoms with Crippen LogP contribution in [0.2, 0.25) is 0 Å². The van der Waals surface area contributed by atoms with Crippen molar-refractivity contribution in [3.63, 3.8) is 0 Å². The van der Waals surface area contributed by atoms with E-state index in [0.29, 0.717) is 0 Å². The van der Waals surface area contributed by atoms with Gasteiger partial charge in [-0.1, -0.05) is 78.9 Å². The normalized spacial score (nSPS) is 14.0. The molecule has 27 heavy (non-hydrogen) atoms. The molecule has 0 spiro atoms. The minimum atomic E-state index is -0.490. The molecule has 1 N–H and O–H groups in total. The van der Waals surface area contributed by atoms with Crippen LogP contribution in [-0.2, 0) is 0 Å². The third-order valence-electron chi connectivity index (χ3n) is 5.24. The van der Waals surface area contributed by atoms with E-state index in [1.54, 1.807) is 5.31 Å². The minimum Gasteiger partial charge on any atom is -0.358 e. The van der Waals surface area contributed by atoms with Gasteiger partial charge < -0.3 is 5.32 Å². The Labute approximate surface area is 163 Å². The van der Waals surface area contributed by atoms with Crippen molar-refractivity contribution in [3.05, 3.63) is 101 Å². The van der Waals surface area contributed by atoms with Crippen LogP contribution in [0.1, 0.15) is 30.4 Å². The van der Waals surface area contributed by atoms with Crippen molar-refractivity contribution in [3.8, 4) is 0 Å². The summed E-state index contributed by atoms with van der Waals surface area (Å²) in [6, 6.07) is 28.6. The van der Waals surface area contributed by atoms with E-state index in [1.807, 2.05) is 0 Å². The van der Waals surface area contributed by atoms with Crippen LogP contribution >= 0.6 is 7.92 Å². The lowest BCUT2D eigenvalue weighted by molar-refractivity contribution is 0.905. The summed E-state index contributed by atoms with van der Waals surface area (Å²) in [7, 11) is -0.490. The second-order valence-electron chi connectivity index (χ2n) is 7.18. The van der Waals surface area contributed by atoms with Crippen molar-refractivity contribution in [2.24, 2.45) is 0 Å². The number of allylic oxidation sites excluding steroid dienone is 2. The van der Waals surface area contributed by atoms with Gasteiger partial charge in [0.15, 0.2) is 0 Å². The SMILES string of the molecule is Cc1cccc(C)c1NC1=C(P(c2ccccc2)c2ccccc2)CCC1. The standard InChI is InChI=1S/C25H26NP/c1-19-11-9-12-20(2)25(19)26-23-17-10-18-24(23)27(21-13-5-3-6-14-21)22-15-7-4-8-16-22/h3-9,11-16,26H,10,17-18H2,1-2H3. The first-order valence-electron chi connectivity index (χ1n) is 9.69. The Morgan fingerprint density at radius 1 is 0.667 bits per heavy atom. The Hall–Kier alpha value is -2.37. The van der Waals surface area contributed by atoms with Gasteiger partial charge >= 0.3 is 0 Å². The molecule has 0 radical (unpaired) electrons. The van der Waals surface area contributed by atoms with Crippen molar-refractivity contribution < 1.29 is 0 Å². The molecule has 1 aliphatic rings. The van der Waals surface area contributed by atoms with Crippen LogP contribution in [0.5, 0.6) is 0 Å². The Bertz CT molecular complexity index is 885. The van der Waals surface area contributed by atoms with Gasteiger partial charge in [-0.3, -0.25) is 0 Å². The molecule has 2 heteroatoms. The topological polar surface area (TPSA) is 12.0 Å². The summed E-state index contributed by atoms with van der Waals surface area (Å²) >= 11 is 0. The molecule has 0 atom stereocenters. The lowest BCUT2D eigenvalue weighted by Gasteiger charge is -2.23. The maximum absolute atomic E-state index is 3.84. The second-order valence-corrected chi connectivity index (χ2v) is 9.42. The zero-order valence-electron chi connectivity index (χ0n) is 16.1. The second kappa shape index (κ2) is 8.11. The number of anilines is 1. The molecule has 0 aromatic heterocycles. The van der Waals surface area contributed by atoms with Crippen LogP contribution in [0.4, 0.5) is 5.69 Å². The van der Waals surface area contributed by atoms with Gasteiger partial charge in [-0.25, -0.2) is 0 Å². The Morgan fingerprint density at radius 2 is 1.22 bits per heavy atom. The Balaban J connectivity index is 1.79. The summed E-state index contributed by atoms with van der Waals surface area (Å²) in [6.07, 6.45) is 3.56. The number of hydrogen-bond acceptors (Lipinski definition) is 1. The molecule has 0 saturated heterocycles. The molecular weight excluding hydrogens is 345 g/mol. The van der Waals surface area contributed by atoms with Crippen LogP contribution < -0.4 is 15.9 Å². The average molecular weight is 371 g/mol. The summed E-state index contributed by atoms with van der Waals surface area (Å²) in [4.78, 5) is 0. The Kier molecular flexibility index (Phi) is 5.41. The van der Waals surface area contributed by atoms with Crippen molar-refractivity contribution in [1.29, 1.82) is 0 Å². The van der Waals surface area contributed by atoms with E-state index in [9.17, 15) is 0 Å². The number of rotatable bonds is 5. The van der Waals surface area contributed by atoms with E-state index < -0.39 is 7.92 Å². The van der Waals surface area contributed by atoms with Gasteiger partial charge in [0.25, 0.3) is 0 Å². The zero-order valence-corrected chi connectivity index (χ0v) is 17.0. The van der Waals surface area contributed by atoms with Crippen LogP contribution in [-0.4, -0.2) is 0 Å². The van der Waals surface area contributed by atoms with Crippen molar-refractivity contribution in [2.45, 2.75) is 33.1 Å². The van der Waals surface area contributed by atoms with Crippen molar-refractivity contribution in [1.82, 2.24) is 0 Å². The lowest BCUT2D eigenvalue weighted by atomic mass is 10.1. The summed E-state index contributed by atoms with van der Waals surface area (Å²) in [5.41, 5.74) is 5.35. The number of benzene rings is 3. The molecule has 0 aliphatic heterocycles. The van der Waals surface area contributed by atoms with E-state index in [2.05, 4.69) is 98.0 Å². The zero-order chi connectivity index (χ0) is 18.6. The number of para-hydroxylation sites is 1. The van der Waals surface area contributed by atoms with Gasteiger partial charge in [0.1, 0.15) is 0 Å². The highest BCUT2D eigenvalue weighted by molar-refractivity contribution is 7.76. The first-order chi connectivity index (χ1) is 13.2. The molecule has 0 saturated carbocycles. The molecule has 3 aromatic carbocycles. The van der Waals surface area contributed by atoms with Gasteiger partial charge in [0, 0.05) is 11.4 Å². The molecule has 0 amide bonds. The Morgan fingerprint density at radius 3 is 1.78 bits per heavy atom.